The lowest BCUT2D eigenvalue weighted by molar-refractivity contribution is -0.889. The van der Waals surface area contributed by atoms with Gasteiger partial charge in [0.15, 0.2) is 6.10 Å². The number of esters is 2. The van der Waals surface area contributed by atoms with Crippen LogP contribution < -0.4 is 5.11 Å². The Bertz CT molecular complexity index is 1380. The molecule has 0 aliphatic carbocycles. The van der Waals surface area contributed by atoms with Crippen LogP contribution in [0.2, 0.25) is 0 Å². The molecule has 0 saturated heterocycles. The van der Waals surface area contributed by atoms with Gasteiger partial charge in [0.2, 0.25) is 0 Å². The maximum atomic E-state index is 12.8. The Balaban J connectivity index is 4.30. The molecule has 65 heavy (non-hydrogen) atoms. The fourth-order valence-electron chi connectivity index (χ4n) is 7.05. The predicted octanol–water partition coefficient (Wildman–Crippen LogP) is 13.7. The highest BCUT2D eigenvalue weighted by atomic mass is 16.6. The van der Waals surface area contributed by atoms with Crippen LogP contribution in [0.25, 0.3) is 0 Å². The number of ether oxygens (including phenoxy) is 3. The lowest BCUT2D eigenvalue weighted by Crippen LogP contribution is -2.55. The molecule has 0 bridgehead atoms. The molecule has 0 radical (unpaired) electrons. The molecule has 0 fully saturated rings. The van der Waals surface area contributed by atoms with Crippen LogP contribution in [0.15, 0.2) is 97.2 Å². The summed E-state index contributed by atoms with van der Waals surface area (Å²) in [6, 6.07) is -0.735. The number of rotatable bonds is 45. The molecule has 0 spiro atoms. The molecular weight excluding hydrogens is 811 g/mol. The SMILES string of the molecule is CC/C=C/C/C=C/C/C=C/C/C=C/C/C=C/CCCCCCCCC(=O)OCC(COCCC(C(=O)[O-])[N+](C)(C)C)OC(=O)CCCCCCCCCCC/C=C/C/C=C/C/C=C/CC. The van der Waals surface area contributed by atoms with Gasteiger partial charge in [-0.3, -0.25) is 9.59 Å². The molecule has 0 amide bonds. The Kier molecular flexibility index (Phi) is 44.1. The smallest absolute Gasteiger partial charge is 0.306 e. The van der Waals surface area contributed by atoms with Crippen molar-refractivity contribution in [2.45, 2.75) is 206 Å². The van der Waals surface area contributed by atoms with Gasteiger partial charge in [0, 0.05) is 19.3 Å². The lowest BCUT2D eigenvalue weighted by atomic mass is 10.1. The van der Waals surface area contributed by atoms with Crippen LogP contribution in [-0.4, -0.2) is 75.5 Å². The number of carboxylic acids is 1. The quantitative estimate of drug-likeness (QED) is 0.0259. The molecule has 2 unspecified atom stereocenters. The van der Waals surface area contributed by atoms with Crippen LogP contribution in [0.1, 0.15) is 194 Å². The highest BCUT2D eigenvalue weighted by molar-refractivity contribution is 5.70. The third-order valence-electron chi connectivity index (χ3n) is 11.0. The minimum atomic E-state index is -1.13. The number of hydrogen-bond acceptors (Lipinski definition) is 7. The van der Waals surface area contributed by atoms with E-state index in [1.54, 1.807) is 21.1 Å². The number of carbonyl (C=O) groups is 3. The second-order valence-electron chi connectivity index (χ2n) is 18.0. The Labute approximate surface area is 398 Å². The summed E-state index contributed by atoms with van der Waals surface area (Å²) in [5, 5.41) is 11.7. The van der Waals surface area contributed by atoms with Crippen molar-refractivity contribution in [3.63, 3.8) is 0 Å². The molecular formula is C57H95NO7. The minimum absolute atomic E-state index is 0.0282. The highest BCUT2D eigenvalue weighted by Crippen LogP contribution is 2.14. The lowest BCUT2D eigenvalue weighted by Gasteiger charge is -2.34. The van der Waals surface area contributed by atoms with Crippen molar-refractivity contribution in [3.05, 3.63) is 97.2 Å². The van der Waals surface area contributed by atoms with Gasteiger partial charge in [0.25, 0.3) is 0 Å². The molecule has 0 rings (SSSR count). The molecule has 0 aliphatic heterocycles. The van der Waals surface area contributed by atoms with Crippen LogP contribution in [0.3, 0.4) is 0 Å². The fourth-order valence-corrected chi connectivity index (χ4v) is 7.05. The van der Waals surface area contributed by atoms with Crippen LogP contribution >= 0.6 is 0 Å². The number of allylic oxidation sites excluding steroid dienone is 16. The van der Waals surface area contributed by atoms with Gasteiger partial charge in [-0.15, -0.1) is 0 Å². The first kappa shape index (κ1) is 61.2. The summed E-state index contributed by atoms with van der Waals surface area (Å²) in [5.74, 6) is -1.77. The summed E-state index contributed by atoms with van der Waals surface area (Å²) >= 11 is 0. The average molecular weight is 906 g/mol. The predicted molar refractivity (Wildman–Crippen MR) is 272 cm³/mol. The molecule has 0 saturated carbocycles. The molecule has 370 valence electrons. The van der Waals surface area contributed by atoms with Gasteiger partial charge in [-0.25, -0.2) is 0 Å². The van der Waals surface area contributed by atoms with E-state index in [1.165, 1.54) is 51.4 Å². The molecule has 0 aliphatic rings. The second kappa shape index (κ2) is 46.8. The first-order chi connectivity index (χ1) is 31.6. The summed E-state index contributed by atoms with van der Waals surface area (Å²) in [5.41, 5.74) is 0. The van der Waals surface area contributed by atoms with E-state index in [-0.39, 0.29) is 42.7 Å². The first-order valence-electron chi connectivity index (χ1n) is 25.8. The van der Waals surface area contributed by atoms with Crippen molar-refractivity contribution in [3.8, 4) is 0 Å². The van der Waals surface area contributed by atoms with Crippen LogP contribution in [0, 0.1) is 0 Å². The zero-order chi connectivity index (χ0) is 47.7. The van der Waals surface area contributed by atoms with Crippen molar-refractivity contribution < 1.29 is 38.2 Å². The van der Waals surface area contributed by atoms with Crippen molar-refractivity contribution in [1.29, 1.82) is 0 Å². The van der Waals surface area contributed by atoms with E-state index in [9.17, 15) is 19.5 Å². The van der Waals surface area contributed by atoms with Gasteiger partial charge in [-0.1, -0.05) is 182 Å². The topological polar surface area (TPSA) is 102 Å². The number of likely N-dealkylation sites (N-methyl/N-ethyl adjacent to an activating group) is 1. The first-order valence-corrected chi connectivity index (χ1v) is 25.8. The summed E-state index contributed by atoms with van der Waals surface area (Å²) in [6.07, 6.45) is 62.9. The number of carbonyl (C=O) groups excluding carboxylic acids is 3. The number of quaternary nitrogens is 1. The Morgan fingerprint density at radius 2 is 0.815 bits per heavy atom. The van der Waals surface area contributed by atoms with Gasteiger partial charge < -0.3 is 28.6 Å². The second-order valence-corrected chi connectivity index (χ2v) is 18.0. The van der Waals surface area contributed by atoms with Gasteiger partial charge in [0.1, 0.15) is 12.6 Å². The van der Waals surface area contributed by atoms with Gasteiger partial charge in [0.05, 0.1) is 40.3 Å². The zero-order valence-corrected chi connectivity index (χ0v) is 42.1. The molecule has 2 atom stereocenters. The molecule has 0 N–H and O–H groups in total. The summed E-state index contributed by atoms with van der Waals surface area (Å²) in [4.78, 5) is 37.1. The van der Waals surface area contributed by atoms with Crippen LogP contribution in [0.5, 0.6) is 0 Å². The van der Waals surface area contributed by atoms with E-state index in [2.05, 4.69) is 111 Å². The van der Waals surface area contributed by atoms with E-state index < -0.39 is 18.1 Å². The van der Waals surface area contributed by atoms with Crippen LogP contribution in [-0.2, 0) is 28.6 Å². The number of unbranched alkanes of at least 4 members (excludes halogenated alkanes) is 15. The van der Waals surface area contributed by atoms with E-state index in [0.717, 1.165) is 109 Å². The number of aliphatic carboxylic acids is 1. The summed E-state index contributed by atoms with van der Waals surface area (Å²) < 4.78 is 17.2. The minimum Gasteiger partial charge on any atom is -0.544 e. The van der Waals surface area contributed by atoms with E-state index >= 15 is 0 Å². The molecule has 8 nitrogen and oxygen atoms in total. The monoisotopic (exact) mass is 906 g/mol. The van der Waals surface area contributed by atoms with Crippen molar-refractivity contribution in [2.24, 2.45) is 0 Å². The molecule has 0 aromatic carbocycles. The number of nitrogens with zero attached hydrogens (tertiary/aromatic N) is 1. The van der Waals surface area contributed by atoms with E-state index in [1.807, 2.05) is 0 Å². The Morgan fingerprint density at radius 1 is 0.462 bits per heavy atom. The van der Waals surface area contributed by atoms with E-state index in [4.69, 9.17) is 14.2 Å². The summed E-state index contributed by atoms with van der Waals surface area (Å²) in [6.45, 7) is 4.42. The van der Waals surface area contributed by atoms with Gasteiger partial charge in [-0.2, -0.15) is 0 Å². The molecule has 0 aromatic rings. The maximum absolute atomic E-state index is 12.8. The summed E-state index contributed by atoms with van der Waals surface area (Å²) in [7, 11) is 5.40. The highest BCUT2D eigenvalue weighted by Gasteiger charge is 2.25. The average Bonchev–Trinajstić information content (AvgIpc) is 3.27. The zero-order valence-electron chi connectivity index (χ0n) is 42.1. The van der Waals surface area contributed by atoms with Crippen molar-refractivity contribution in [2.75, 3.05) is 41.0 Å². The van der Waals surface area contributed by atoms with Crippen LogP contribution in [0.4, 0.5) is 0 Å². The number of hydrogen-bond donors (Lipinski definition) is 0. The van der Waals surface area contributed by atoms with Gasteiger partial charge >= 0.3 is 11.9 Å². The third kappa shape index (κ3) is 45.2. The van der Waals surface area contributed by atoms with Crippen molar-refractivity contribution >= 4 is 17.9 Å². The fraction of sp³-hybridized carbons (Fsp3) is 0.667. The Morgan fingerprint density at radius 3 is 1.20 bits per heavy atom. The molecule has 8 heteroatoms. The molecule has 0 aromatic heterocycles. The van der Waals surface area contributed by atoms with Gasteiger partial charge in [-0.05, 0) is 89.9 Å². The Hall–Kier alpha value is -3.75. The number of carboxylic acid groups (broad SMARTS) is 1. The largest absolute Gasteiger partial charge is 0.544 e. The molecule has 0 heterocycles. The normalized spacial score (nSPS) is 13.7. The van der Waals surface area contributed by atoms with E-state index in [0.29, 0.717) is 12.8 Å². The third-order valence-corrected chi connectivity index (χ3v) is 11.0. The maximum Gasteiger partial charge on any atom is 0.306 e. The van der Waals surface area contributed by atoms with Crippen molar-refractivity contribution in [1.82, 2.24) is 0 Å². The standard InChI is InChI=1S/C57H95NO7/c1-6-8-10-12-14-16-18-20-22-24-26-27-28-30-31-33-35-37-39-41-43-45-47-55(59)64-52-53(51-63-50-49-54(57(61)62)58(3,4)5)65-56(60)48-46-44-42-40-38-36-34-32-29-25-23-21-19-17-15-13-11-9-7-2/h8-11,14-17,20-23,26-27,30-31,53-54H,6-7,12-13,18-19,24-25,28-29,32-52H2,1-5H3/b10-8+,11-9+,16-14+,17-15+,22-20+,23-21+,27-26+,31-30+.